The van der Waals surface area contributed by atoms with Crippen LogP contribution in [0.2, 0.25) is 0 Å². The molecule has 4 heteroatoms. The minimum atomic E-state index is -0.156. The van der Waals surface area contributed by atoms with Gasteiger partial charge in [0.05, 0.1) is 7.11 Å². The Morgan fingerprint density at radius 3 is 1.53 bits per heavy atom. The van der Waals surface area contributed by atoms with Crippen LogP contribution in [0.15, 0.2) is 97.1 Å². The summed E-state index contributed by atoms with van der Waals surface area (Å²) in [6.07, 6.45) is 0. The predicted molar refractivity (Wildman–Crippen MR) is 147 cm³/mol. The van der Waals surface area contributed by atoms with Gasteiger partial charge in [-0.15, -0.1) is 0 Å². The number of hydrogen-bond donors (Lipinski definition) is 0. The van der Waals surface area contributed by atoms with E-state index in [1.165, 1.54) is 0 Å². The van der Waals surface area contributed by atoms with E-state index in [4.69, 9.17) is 9.47 Å². The van der Waals surface area contributed by atoms with Crippen molar-refractivity contribution in [3.05, 3.63) is 125 Å². The van der Waals surface area contributed by atoms with Crippen LogP contribution in [0.4, 0.5) is 0 Å². The van der Waals surface area contributed by atoms with Gasteiger partial charge in [0.15, 0.2) is 11.6 Å². The Balaban J connectivity index is 0.00000109. The number of aryl methyl sites for hydroxylation is 1. The van der Waals surface area contributed by atoms with Crippen LogP contribution < -0.4 is 9.47 Å². The van der Waals surface area contributed by atoms with Gasteiger partial charge in [0.25, 0.3) is 0 Å². The van der Waals surface area contributed by atoms with Crippen LogP contribution in [0.25, 0.3) is 0 Å². The number of benzene rings is 4. The average Bonchev–Trinajstić information content (AvgIpc) is 2.95. The third kappa shape index (κ3) is 7.41. The van der Waals surface area contributed by atoms with Crippen molar-refractivity contribution in [1.82, 2.24) is 0 Å². The molecule has 0 atom stereocenters. The van der Waals surface area contributed by atoms with Gasteiger partial charge in [0.2, 0.25) is 0 Å². The Labute approximate surface area is 214 Å². The molecule has 0 aliphatic heterocycles. The molecule has 0 aromatic heterocycles. The van der Waals surface area contributed by atoms with Crippen LogP contribution in [-0.2, 0) is 0 Å². The van der Waals surface area contributed by atoms with Gasteiger partial charge in [-0.2, -0.15) is 0 Å². The molecule has 0 spiro atoms. The maximum absolute atomic E-state index is 13.0. The Morgan fingerprint density at radius 2 is 1.00 bits per heavy atom. The van der Waals surface area contributed by atoms with E-state index in [1.807, 2.05) is 65.0 Å². The number of hydrogen-bond acceptors (Lipinski definition) is 4. The van der Waals surface area contributed by atoms with Gasteiger partial charge in [0.1, 0.15) is 17.2 Å². The molecule has 0 N–H and O–H groups in total. The van der Waals surface area contributed by atoms with Crippen molar-refractivity contribution in [3.63, 3.8) is 0 Å². The third-order valence-corrected chi connectivity index (χ3v) is 5.09. The first-order chi connectivity index (χ1) is 17.5. The van der Waals surface area contributed by atoms with Crippen LogP contribution in [0, 0.1) is 6.92 Å². The molecule has 0 saturated carbocycles. The van der Waals surface area contributed by atoms with Gasteiger partial charge in [-0.25, -0.2) is 0 Å². The molecular formula is C32H34O4. The summed E-state index contributed by atoms with van der Waals surface area (Å²) >= 11 is 0. The molecule has 4 rings (SSSR count). The van der Waals surface area contributed by atoms with Gasteiger partial charge < -0.3 is 9.47 Å². The number of carbonyl (C=O) groups is 2. The average molecular weight is 483 g/mol. The first-order valence-corrected chi connectivity index (χ1v) is 12.2. The number of rotatable bonds is 7. The van der Waals surface area contributed by atoms with Crippen molar-refractivity contribution in [2.24, 2.45) is 0 Å². The maximum Gasteiger partial charge on any atom is 0.193 e. The largest absolute Gasteiger partial charge is 0.497 e. The van der Waals surface area contributed by atoms with Gasteiger partial charge >= 0.3 is 0 Å². The smallest absolute Gasteiger partial charge is 0.193 e. The van der Waals surface area contributed by atoms with E-state index in [2.05, 4.69) is 0 Å². The second-order valence-electron chi connectivity index (χ2n) is 7.41. The van der Waals surface area contributed by atoms with Crippen molar-refractivity contribution in [3.8, 4) is 17.2 Å². The molecule has 186 valence electrons. The normalized spacial score (nSPS) is 9.61. The highest BCUT2D eigenvalue weighted by Crippen LogP contribution is 2.26. The number of ketones is 2. The third-order valence-electron chi connectivity index (χ3n) is 5.09. The molecular weight excluding hydrogens is 448 g/mol. The van der Waals surface area contributed by atoms with E-state index in [0.717, 1.165) is 5.56 Å². The molecule has 0 heterocycles. The molecule has 0 unspecified atom stereocenters. The Bertz CT molecular complexity index is 1260. The highest BCUT2D eigenvalue weighted by molar-refractivity contribution is 6.13. The highest BCUT2D eigenvalue weighted by Gasteiger charge is 2.14. The minimum Gasteiger partial charge on any atom is -0.497 e. The van der Waals surface area contributed by atoms with E-state index < -0.39 is 0 Å². The molecule has 0 saturated heterocycles. The van der Waals surface area contributed by atoms with Gasteiger partial charge in [-0.3, -0.25) is 9.59 Å². The topological polar surface area (TPSA) is 52.6 Å². The maximum atomic E-state index is 13.0. The first kappa shape index (κ1) is 28.1. The van der Waals surface area contributed by atoms with E-state index in [9.17, 15) is 9.59 Å². The highest BCUT2D eigenvalue weighted by atomic mass is 16.5. The van der Waals surface area contributed by atoms with Gasteiger partial charge in [0, 0.05) is 28.3 Å². The molecule has 36 heavy (non-hydrogen) atoms. The van der Waals surface area contributed by atoms with E-state index in [-0.39, 0.29) is 11.6 Å². The van der Waals surface area contributed by atoms with Crippen LogP contribution >= 0.6 is 0 Å². The Kier molecular flexibility index (Phi) is 11.1. The molecule has 0 radical (unpaired) electrons. The van der Waals surface area contributed by atoms with E-state index in [1.54, 1.807) is 73.8 Å². The first-order valence-electron chi connectivity index (χ1n) is 12.2. The summed E-state index contributed by atoms with van der Waals surface area (Å²) in [5.74, 6) is 1.69. The van der Waals surface area contributed by atoms with E-state index in [0.29, 0.717) is 39.5 Å². The summed E-state index contributed by atoms with van der Waals surface area (Å²) in [5.41, 5.74) is 3.15. The molecule has 0 aliphatic rings. The summed E-state index contributed by atoms with van der Waals surface area (Å²) in [7, 11) is 1.60. The minimum absolute atomic E-state index is 0.110. The lowest BCUT2D eigenvalue weighted by Gasteiger charge is -2.08. The zero-order valence-electron chi connectivity index (χ0n) is 21.9. The van der Waals surface area contributed by atoms with Crippen molar-refractivity contribution >= 4 is 11.6 Å². The van der Waals surface area contributed by atoms with Crippen LogP contribution in [0.1, 0.15) is 65.1 Å². The lowest BCUT2D eigenvalue weighted by atomic mass is 9.97. The summed E-state index contributed by atoms with van der Waals surface area (Å²) in [5, 5.41) is 0. The summed E-state index contributed by atoms with van der Waals surface area (Å²) in [6.45, 7) is 9.97. The lowest BCUT2D eigenvalue weighted by Crippen LogP contribution is -2.06. The fourth-order valence-electron chi connectivity index (χ4n) is 3.32. The zero-order chi connectivity index (χ0) is 26.5. The van der Waals surface area contributed by atoms with Crippen LogP contribution in [0.3, 0.4) is 0 Å². The van der Waals surface area contributed by atoms with Crippen molar-refractivity contribution in [2.75, 3.05) is 7.11 Å². The molecule has 0 aliphatic carbocycles. The summed E-state index contributed by atoms with van der Waals surface area (Å²) in [4.78, 5) is 25.8. The van der Waals surface area contributed by atoms with Crippen molar-refractivity contribution < 1.29 is 19.1 Å². The van der Waals surface area contributed by atoms with Gasteiger partial charge in [-0.05, 0) is 49.4 Å². The van der Waals surface area contributed by atoms with Crippen LogP contribution in [0.5, 0.6) is 17.2 Å². The SMILES string of the molecule is CC.CC.COc1cccc(Oc2ccc(C(=O)c3cccc(C(=O)c4ccc(C)cc4)c3)cc2)c1. The molecule has 0 fully saturated rings. The quantitative estimate of drug-likeness (QED) is 0.249. The number of carbonyl (C=O) groups excluding carboxylic acids is 2. The lowest BCUT2D eigenvalue weighted by molar-refractivity contribution is 0.103. The molecule has 4 aromatic rings. The zero-order valence-corrected chi connectivity index (χ0v) is 21.9. The van der Waals surface area contributed by atoms with Gasteiger partial charge in [-0.1, -0.05) is 81.8 Å². The molecule has 4 aromatic carbocycles. The standard InChI is InChI=1S/C28H22O4.2C2H6/c1-19-9-11-20(12-10-19)27(29)22-5-3-6-23(17-22)28(30)21-13-15-24(16-14-21)32-26-8-4-7-25(18-26)31-2;2*1-2/h3-18H,1-2H3;2*1-2H3. The monoisotopic (exact) mass is 482 g/mol. The molecule has 0 bridgehead atoms. The Morgan fingerprint density at radius 1 is 0.528 bits per heavy atom. The summed E-state index contributed by atoms with van der Waals surface area (Å²) in [6, 6.07) is 28.4. The van der Waals surface area contributed by atoms with Crippen LogP contribution in [-0.4, -0.2) is 18.7 Å². The fraction of sp³-hybridized carbons (Fsp3) is 0.188. The second-order valence-corrected chi connectivity index (χ2v) is 7.41. The number of methoxy groups -OCH3 is 1. The van der Waals surface area contributed by atoms with Crippen molar-refractivity contribution in [2.45, 2.75) is 34.6 Å². The predicted octanol–water partition coefficient (Wildman–Crippen LogP) is 8.31. The fourth-order valence-corrected chi connectivity index (χ4v) is 3.32. The number of ether oxygens (including phenoxy) is 2. The Hall–Kier alpha value is -4.18. The van der Waals surface area contributed by atoms with E-state index >= 15 is 0 Å². The molecule has 0 amide bonds. The summed E-state index contributed by atoms with van der Waals surface area (Å²) < 4.78 is 11.0. The second kappa shape index (κ2) is 14.3. The molecule has 4 nitrogen and oxygen atoms in total. The van der Waals surface area contributed by atoms with Crippen molar-refractivity contribution in [1.29, 1.82) is 0 Å².